The maximum absolute atomic E-state index is 13.2. The van der Waals surface area contributed by atoms with Crippen LogP contribution < -0.4 is 5.32 Å². The summed E-state index contributed by atoms with van der Waals surface area (Å²) < 4.78 is 34.0. The van der Waals surface area contributed by atoms with E-state index in [1.807, 2.05) is 6.92 Å². The molecular formula is C67H127NO18. The number of rotatable bonds is 54. The number of amides is 1. The zero-order valence-electron chi connectivity index (χ0n) is 53.6. The second-order valence-corrected chi connectivity index (χ2v) is 25.4. The van der Waals surface area contributed by atoms with E-state index in [2.05, 4.69) is 12.2 Å². The van der Waals surface area contributed by atoms with Gasteiger partial charge in [0.1, 0.15) is 73.2 Å². The Labute approximate surface area is 518 Å². The highest BCUT2D eigenvalue weighted by atomic mass is 16.8. The SMILES string of the molecule is CCC/C=C/C(O)C(COC1OC(CO)C(OC2OC(CO)C(OC3OC(CO)C(O)C(O)C3O)C(O)C2O)C(O)C1O)NC(=O)CCCCCCCCCCCCCCCCCCCCCCCCCCCCCCCCCCCCCCCC. The predicted molar refractivity (Wildman–Crippen MR) is 333 cm³/mol. The van der Waals surface area contributed by atoms with Crippen LogP contribution in [0.25, 0.3) is 0 Å². The second-order valence-electron chi connectivity index (χ2n) is 25.4. The number of carbonyl (C=O) groups excluding carboxylic acids is 1. The van der Waals surface area contributed by atoms with Gasteiger partial charge in [-0.3, -0.25) is 4.79 Å². The summed E-state index contributed by atoms with van der Waals surface area (Å²) in [5.41, 5.74) is 0. The van der Waals surface area contributed by atoms with Gasteiger partial charge in [0.15, 0.2) is 18.9 Å². The molecule has 0 saturated carbocycles. The lowest BCUT2D eigenvalue weighted by Crippen LogP contribution is -2.66. The minimum absolute atomic E-state index is 0.246. The number of carbonyl (C=O) groups is 1. The van der Waals surface area contributed by atoms with Crippen molar-refractivity contribution in [2.45, 2.75) is 381 Å². The third-order valence-electron chi connectivity index (χ3n) is 17.8. The van der Waals surface area contributed by atoms with Gasteiger partial charge in [0.2, 0.25) is 5.91 Å². The molecule has 17 unspecified atom stereocenters. The van der Waals surface area contributed by atoms with Crippen molar-refractivity contribution in [1.29, 1.82) is 0 Å². The third-order valence-corrected chi connectivity index (χ3v) is 17.8. The van der Waals surface area contributed by atoms with Crippen molar-refractivity contribution in [3.8, 4) is 0 Å². The van der Waals surface area contributed by atoms with Crippen molar-refractivity contribution >= 4 is 5.91 Å². The predicted octanol–water partition coefficient (Wildman–Crippen LogP) is 8.89. The van der Waals surface area contributed by atoms with Crippen LogP contribution in [0.5, 0.6) is 0 Å². The van der Waals surface area contributed by atoms with Crippen LogP contribution >= 0.6 is 0 Å². The highest BCUT2D eigenvalue weighted by molar-refractivity contribution is 5.76. The van der Waals surface area contributed by atoms with Crippen LogP contribution in [-0.2, 0) is 33.2 Å². The number of aliphatic hydroxyl groups is 11. The molecular weight excluding hydrogens is 1110 g/mol. The Bertz CT molecular complexity index is 1620. The lowest BCUT2D eigenvalue weighted by atomic mass is 9.96. The van der Waals surface area contributed by atoms with Crippen LogP contribution in [0.3, 0.4) is 0 Å². The minimum Gasteiger partial charge on any atom is -0.394 e. The van der Waals surface area contributed by atoms with Gasteiger partial charge >= 0.3 is 0 Å². The van der Waals surface area contributed by atoms with Gasteiger partial charge in [-0.2, -0.15) is 0 Å². The van der Waals surface area contributed by atoms with Crippen molar-refractivity contribution in [3.05, 3.63) is 12.2 Å². The average molecular weight is 1230 g/mol. The van der Waals surface area contributed by atoms with Gasteiger partial charge in [0.25, 0.3) is 0 Å². The maximum atomic E-state index is 13.2. The van der Waals surface area contributed by atoms with E-state index in [0.717, 1.165) is 25.7 Å². The molecule has 0 aromatic carbocycles. The lowest BCUT2D eigenvalue weighted by Gasteiger charge is -2.48. The van der Waals surface area contributed by atoms with Crippen LogP contribution in [0.1, 0.15) is 277 Å². The van der Waals surface area contributed by atoms with Crippen molar-refractivity contribution in [2.24, 2.45) is 0 Å². The highest BCUT2D eigenvalue weighted by Crippen LogP contribution is 2.33. The fourth-order valence-corrected chi connectivity index (χ4v) is 12.1. The number of nitrogens with one attached hydrogen (secondary N) is 1. The number of hydrogen-bond acceptors (Lipinski definition) is 18. The molecule has 3 saturated heterocycles. The quantitative estimate of drug-likeness (QED) is 0.0200. The molecule has 0 aromatic rings. The summed E-state index contributed by atoms with van der Waals surface area (Å²) in [6.45, 7) is 1.51. The molecule has 3 aliphatic rings. The first-order chi connectivity index (χ1) is 41.8. The monoisotopic (exact) mass is 1230 g/mol. The van der Waals surface area contributed by atoms with Crippen molar-refractivity contribution in [3.63, 3.8) is 0 Å². The zero-order valence-corrected chi connectivity index (χ0v) is 53.6. The molecule has 3 rings (SSSR count). The first-order valence-electron chi connectivity index (χ1n) is 34.9. The molecule has 0 aliphatic carbocycles. The molecule has 3 fully saturated rings. The molecule has 1 amide bonds. The standard InChI is InChI=1S/C67H127NO18/c1-3-5-7-8-9-10-11-12-13-14-15-16-17-18-19-20-21-22-23-24-25-26-27-28-29-30-31-32-33-34-35-36-37-38-39-40-41-43-45-55(73)68-50(51(72)44-42-6-4-2)49-81-65-61(79)58(76)63(53(47-70)83-65)86-67-62(80)59(77)64(54(48-71)84-67)85-66-60(78)57(75)56(74)52(46-69)82-66/h42,44,50-54,56-67,69-72,74-80H,3-41,43,45-49H2,1-2H3,(H,68,73)/b44-42+. The Hall–Kier alpha value is -1.47. The molecule has 17 atom stereocenters. The molecule has 0 bridgehead atoms. The topological polar surface area (TPSA) is 307 Å². The molecule has 12 N–H and O–H groups in total. The van der Waals surface area contributed by atoms with E-state index in [0.29, 0.717) is 12.8 Å². The first-order valence-corrected chi connectivity index (χ1v) is 34.9. The maximum Gasteiger partial charge on any atom is 0.220 e. The molecule has 0 radical (unpaired) electrons. The molecule has 3 heterocycles. The molecule has 0 spiro atoms. The Kier molecular flexibility index (Phi) is 45.9. The Morgan fingerprint density at radius 3 is 1.07 bits per heavy atom. The van der Waals surface area contributed by atoms with E-state index in [1.165, 1.54) is 218 Å². The van der Waals surface area contributed by atoms with E-state index in [-0.39, 0.29) is 18.9 Å². The fourth-order valence-electron chi connectivity index (χ4n) is 12.1. The van der Waals surface area contributed by atoms with Gasteiger partial charge < -0.3 is 89.9 Å². The number of allylic oxidation sites excluding steroid dienone is 1. The minimum atomic E-state index is -1.97. The second kappa shape index (κ2) is 50.1. The van der Waals surface area contributed by atoms with E-state index >= 15 is 0 Å². The van der Waals surface area contributed by atoms with Crippen LogP contribution in [0.4, 0.5) is 0 Å². The summed E-state index contributed by atoms with van der Waals surface area (Å²) in [5.74, 6) is -0.282. The average Bonchev–Trinajstić information content (AvgIpc) is 3.35. The van der Waals surface area contributed by atoms with Gasteiger partial charge in [0, 0.05) is 6.42 Å². The number of ether oxygens (including phenoxy) is 6. The fraction of sp³-hybridized carbons (Fsp3) is 0.955. The third kappa shape index (κ3) is 32.2. The molecule has 3 aliphatic heterocycles. The van der Waals surface area contributed by atoms with E-state index in [9.17, 15) is 61.0 Å². The summed E-state index contributed by atoms with van der Waals surface area (Å²) in [7, 11) is 0. The van der Waals surface area contributed by atoms with Gasteiger partial charge in [-0.05, 0) is 12.8 Å². The summed E-state index contributed by atoms with van der Waals surface area (Å²) in [5, 5.41) is 119. The number of aliphatic hydroxyl groups excluding tert-OH is 11. The first kappa shape index (κ1) is 78.8. The molecule has 19 nitrogen and oxygen atoms in total. The van der Waals surface area contributed by atoms with Gasteiger partial charge in [-0.1, -0.05) is 270 Å². The largest absolute Gasteiger partial charge is 0.394 e. The Morgan fingerprint density at radius 2 is 0.721 bits per heavy atom. The summed E-state index contributed by atoms with van der Waals surface area (Å²) in [6.07, 6.45) is 29.7. The van der Waals surface area contributed by atoms with E-state index in [4.69, 9.17) is 28.4 Å². The van der Waals surface area contributed by atoms with Crippen LogP contribution in [0, 0.1) is 0 Å². The van der Waals surface area contributed by atoms with Gasteiger partial charge in [0.05, 0.1) is 38.6 Å². The lowest BCUT2D eigenvalue weighted by molar-refractivity contribution is -0.379. The van der Waals surface area contributed by atoms with E-state index in [1.54, 1.807) is 12.2 Å². The molecule has 19 heteroatoms. The molecule has 86 heavy (non-hydrogen) atoms. The molecule has 0 aromatic heterocycles. The van der Waals surface area contributed by atoms with Crippen LogP contribution in [0.2, 0.25) is 0 Å². The van der Waals surface area contributed by atoms with Crippen LogP contribution in [-0.4, -0.2) is 193 Å². The van der Waals surface area contributed by atoms with Gasteiger partial charge in [-0.25, -0.2) is 0 Å². The Balaban J connectivity index is 1.18. The number of hydrogen-bond donors (Lipinski definition) is 12. The van der Waals surface area contributed by atoms with Crippen LogP contribution in [0.15, 0.2) is 12.2 Å². The summed E-state index contributed by atoms with van der Waals surface area (Å²) in [6, 6.07) is -0.964. The van der Waals surface area contributed by atoms with Crippen molar-refractivity contribution in [1.82, 2.24) is 5.32 Å². The van der Waals surface area contributed by atoms with Crippen molar-refractivity contribution in [2.75, 3.05) is 26.4 Å². The highest BCUT2D eigenvalue weighted by Gasteiger charge is 2.53. The molecule has 508 valence electrons. The van der Waals surface area contributed by atoms with Crippen molar-refractivity contribution < 1.29 is 89.4 Å². The summed E-state index contributed by atoms with van der Waals surface area (Å²) >= 11 is 0. The van der Waals surface area contributed by atoms with E-state index < -0.39 is 124 Å². The zero-order chi connectivity index (χ0) is 62.6. The smallest absolute Gasteiger partial charge is 0.220 e. The summed E-state index contributed by atoms with van der Waals surface area (Å²) in [4.78, 5) is 13.2. The van der Waals surface area contributed by atoms with Gasteiger partial charge in [-0.15, -0.1) is 0 Å². The Morgan fingerprint density at radius 1 is 0.407 bits per heavy atom. The normalized spacial score (nSPS) is 28.8. The number of unbranched alkanes of at least 4 members (excludes halogenated alkanes) is 38.